The third-order valence-electron chi connectivity index (χ3n) is 5.13. The van der Waals surface area contributed by atoms with E-state index in [1.807, 2.05) is 51.2 Å². The van der Waals surface area contributed by atoms with E-state index in [2.05, 4.69) is 11.7 Å². The number of nitrogens with zero attached hydrogens (tertiary/aromatic N) is 1. The summed E-state index contributed by atoms with van der Waals surface area (Å²) < 4.78 is 11.8. The fourth-order valence-electron chi connectivity index (χ4n) is 3.62. The average molecular weight is 464 g/mol. The summed E-state index contributed by atoms with van der Waals surface area (Å²) in [5.41, 5.74) is 2.84. The van der Waals surface area contributed by atoms with Crippen molar-refractivity contribution < 1.29 is 19.5 Å². The van der Waals surface area contributed by atoms with Crippen molar-refractivity contribution in [3.63, 3.8) is 0 Å². The van der Waals surface area contributed by atoms with Crippen LogP contribution in [0.5, 0.6) is 0 Å². The minimum atomic E-state index is -0.294. The molecule has 0 aromatic heterocycles. The molecule has 2 atom stereocenters. The topological polar surface area (TPSA) is 68.1 Å². The van der Waals surface area contributed by atoms with Gasteiger partial charge in [0.15, 0.2) is 0 Å². The first-order chi connectivity index (χ1) is 15.1. The Hall–Kier alpha value is -1.70. The van der Waals surface area contributed by atoms with Crippen molar-refractivity contribution in [2.24, 2.45) is 17.0 Å². The van der Waals surface area contributed by atoms with Crippen molar-refractivity contribution in [2.45, 2.75) is 40.0 Å². The molecule has 0 spiro atoms. The van der Waals surface area contributed by atoms with Crippen molar-refractivity contribution in [2.75, 3.05) is 25.6 Å². The first kappa shape index (κ1) is 25.6. The second-order valence-corrected chi connectivity index (χ2v) is 9.56. The van der Waals surface area contributed by atoms with Crippen LogP contribution in [0, 0.1) is 11.8 Å². The third kappa shape index (κ3) is 7.44. The highest BCUT2D eigenvalue weighted by atomic mass is 32.2. The monoisotopic (exact) mass is 463 g/mol. The van der Waals surface area contributed by atoms with Gasteiger partial charge in [0.05, 0.1) is 21.5 Å². The standard InChI is InChI=1S/C24H33NO4S2/c1-5-9-10-17(6-2)16-30-24-22-19(15-21(31-24)23(26)29-8-4)13-18(11-12-28-7-3)14-20(22)25-27/h5-6,9-10,15,18-19,27H,2,7-8,11-14,16H2,1,3-4H3/b9-5-,17-10+,25-20+. The maximum absolute atomic E-state index is 12.5. The predicted molar refractivity (Wildman–Crippen MR) is 131 cm³/mol. The number of esters is 1. The molecule has 7 heteroatoms. The molecule has 1 heterocycles. The number of allylic oxidation sites excluding steroid dienone is 6. The van der Waals surface area contributed by atoms with Crippen molar-refractivity contribution in [3.05, 3.63) is 57.2 Å². The van der Waals surface area contributed by atoms with Crippen LogP contribution in [0.3, 0.4) is 0 Å². The van der Waals surface area contributed by atoms with Gasteiger partial charge in [-0.25, -0.2) is 4.79 Å². The SMILES string of the molecule is C=C/C(=C\C=C/C)CSC1=C2/C(=N/O)CC(CCOCC)CC2C=C(C(=O)OCC)S1. The minimum Gasteiger partial charge on any atom is -0.462 e. The van der Waals surface area contributed by atoms with Crippen LogP contribution < -0.4 is 0 Å². The molecular formula is C24H33NO4S2. The summed E-state index contributed by atoms with van der Waals surface area (Å²) in [5, 5.41) is 13.5. The van der Waals surface area contributed by atoms with Crippen LogP contribution in [0.4, 0.5) is 0 Å². The molecule has 2 aliphatic rings. The van der Waals surface area contributed by atoms with Crippen molar-refractivity contribution >= 4 is 35.2 Å². The molecule has 2 rings (SSSR count). The number of ether oxygens (including phenoxy) is 2. The summed E-state index contributed by atoms with van der Waals surface area (Å²) in [6.07, 6.45) is 12.3. The lowest BCUT2D eigenvalue weighted by Gasteiger charge is -2.34. The zero-order valence-electron chi connectivity index (χ0n) is 18.6. The van der Waals surface area contributed by atoms with Gasteiger partial charge in [0, 0.05) is 30.5 Å². The van der Waals surface area contributed by atoms with Crippen LogP contribution in [0.2, 0.25) is 0 Å². The van der Waals surface area contributed by atoms with Crippen LogP contribution in [0.25, 0.3) is 0 Å². The molecule has 170 valence electrons. The Kier molecular flexibility index (Phi) is 11.3. The normalized spacial score (nSPS) is 23.1. The van der Waals surface area contributed by atoms with E-state index in [0.717, 1.165) is 34.0 Å². The molecule has 0 aromatic rings. The molecule has 0 bridgehead atoms. The van der Waals surface area contributed by atoms with E-state index in [0.29, 0.717) is 42.8 Å². The van der Waals surface area contributed by atoms with Crippen molar-refractivity contribution in [1.29, 1.82) is 0 Å². The highest BCUT2D eigenvalue weighted by molar-refractivity contribution is 8.24. The summed E-state index contributed by atoms with van der Waals surface area (Å²) in [6, 6.07) is 0. The molecule has 1 aliphatic heterocycles. The molecule has 1 N–H and O–H groups in total. The van der Waals surface area contributed by atoms with Gasteiger partial charge >= 0.3 is 5.97 Å². The van der Waals surface area contributed by atoms with Gasteiger partial charge in [0.1, 0.15) is 0 Å². The lowest BCUT2D eigenvalue weighted by atomic mass is 9.75. The van der Waals surface area contributed by atoms with Crippen LogP contribution >= 0.6 is 23.5 Å². The Morgan fingerprint density at radius 2 is 2.23 bits per heavy atom. The van der Waals surface area contributed by atoms with Crippen molar-refractivity contribution in [3.8, 4) is 0 Å². The minimum absolute atomic E-state index is 0.0288. The van der Waals surface area contributed by atoms with Gasteiger partial charge in [-0.05, 0) is 51.5 Å². The number of oxime groups is 1. The largest absolute Gasteiger partial charge is 0.462 e. The molecule has 1 fully saturated rings. The summed E-state index contributed by atoms with van der Waals surface area (Å²) in [4.78, 5) is 13.1. The number of rotatable bonds is 11. The fraction of sp³-hybridized carbons (Fsp3) is 0.500. The van der Waals surface area contributed by atoms with Gasteiger partial charge in [0.25, 0.3) is 0 Å². The second-order valence-electron chi connectivity index (χ2n) is 7.26. The average Bonchev–Trinajstić information content (AvgIpc) is 2.78. The van der Waals surface area contributed by atoms with Gasteiger partial charge in [-0.15, -0.1) is 11.8 Å². The van der Waals surface area contributed by atoms with Gasteiger partial charge in [-0.1, -0.05) is 53.9 Å². The number of hydrogen-bond donors (Lipinski definition) is 1. The molecule has 0 radical (unpaired) electrons. The van der Waals surface area contributed by atoms with E-state index in [1.165, 1.54) is 11.8 Å². The lowest BCUT2D eigenvalue weighted by molar-refractivity contribution is -0.137. The van der Waals surface area contributed by atoms with Gasteiger partial charge in [-0.3, -0.25) is 0 Å². The molecular weight excluding hydrogens is 430 g/mol. The van der Waals surface area contributed by atoms with E-state index >= 15 is 0 Å². The molecule has 31 heavy (non-hydrogen) atoms. The van der Waals surface area contributed by atoms with Gasteiger partial charge < -0.3 is 14.7 Å². The van der Waals surface area contributed by atoms with Crippen LogP contribution in [0.1, 0.15) is 40.0 Å². The number of carbonyl (C=O) groups is 1. The maximum atomic E-state index is 12.5. The van der Waals surface area contributed by atoms with Crippen LogP contribution in [-0.2, 0) is 14.3 Å². The second kappa shape index (κ2) is 13.7. The smallest absolute Gasteiger partial charge is 0.344 e. The third-order valence-corrected chi connectivity index (χ3v) is 7.62. The molecule has 1 aliphatic carbocycles. The molecule has 0 saturated heterocycles. The molecule has 0 aromatic carbocycles. The van der Waals surface area contributed by atoms with Crippen LogP contribution in [0.15, 0.2) is 62.4 Å². The summed E-state index contributed by atoms with van der Waals surface area (Å²) in [7, 11) is 0. The molecule has 1 saturated carbocycles. The van der Waals surface area contributed by atoms with Crippen LogP contribution in [-0.4, -0.2) is 42.5 Å². The quantitative estimate of drug-likeness (QED) is 0.131. The van der Waals surface area contributed by atoms with E-state index in [1.54, 1.807) is 11.8 Å². The molecule has 5 nitrogen and oxygen atoms in total. The summed E-state index contributed by atoms with van der Waals surface area (Å²) >= 11 is 3.07. The van der Waals surface area contributed by atoms with Crippen molar-refractivity contribution in [1.82, 2.24) is 0 Å². The Bertz CT molecular complexity index is 795. The van der Waals surface area contributed by atoms with E-state index < -0.39 is 0 Å². The molecule has 0 amide bonds. The van der Waals surface area contributed by atoms with Gasteiger partial charge in [0.2, 0.25) is 0 Å². The maximum Gasteiger partial charge on any atom is 0.344 e. The predicted octanol–water partition coefficient (Wildman–Crippen LogP) is 6.10. The van der Waals surface area contributed by atoms with E-state index in [4.69, 9.17) is 9.47 Å². The highest BCUT2D eigenvalue weighted by Crippen LogP contribution is 2.49. The fourth-order valence-corrected chi connectivity index (χ4v) is 6.19. The van der Waals surface area contributed by atoms with E-state index in [-0.39, 0.29) is 11.9 Å². The summed E-state index contributed by atoms with van der Waals surface area (Å²) in [6.45, 7) is 11.4. The number of thioether (sulfide) groups is 2. The molecule has 2 unspecified atom stereocenters. The first-order valence-corrected chi connectivity index (χ1v) is 12.5. The zero-order chi connectivity index (χ0) is 22.6. The van der Waals surface area contributed by atoms with E-state index in [9.17, 15) is 10.0 Å². The Balaban J connectivity index is 2.31. The Labute approximate surface area is 194 Å². The first-order valence-electron chi connectivity index (χ1n) is 10.7. The number of hydrogen-bond acceptors (Lipinski definition) is 7. The summed E-state index contributed by atoms with van der Waals surface area (Å²) in [5.74, 6) is 0.797. The zero-order valence-corrected chi connectivity index (χ0v) is 20.3. The lowest BCUT2D eigenvalue weighted by Crippen LogP contribution is -2.29. The highest BCUT2D eigenvalue weighted by Gasteiger charge is 2.36. The Morgan fingerprint density at radius 1 is 1.42 bits per heavy atom. The number of fused-ring (bicyclic) bond motifs is 1. The Morgan fingerprint density at radius 3 is 2.87 bits per heavy atom. The number of carbonyl (C=O) groups excluding carboxylic acids is 1. The van der Waals surface area contributed by atoms with Gasteiger partial charge in [-0.2, -0.15) is 0 Å².